The van der Waals surface area contributed by atoms with E-state index in [0.717, 1.165) is 18.4 Å². The number of nitrogens with zero attached hydrogens (tertiary/aromatic N) is 2. The summed E-state index contributed by atoms with van der Waals surface area (Å²) in [6.45, 7) is 0.476. The van der Waals surface area contributed by atoms with Crippen molar-refractivity contribution in [2.45, 2.75) is 25.4 Å². The second kappa shape index (κ2) is 7.86. The fraction of sp³-hybridized carbons (Fsp3) is 0.190. The van der Waals surface area contributed by atoms with Crippen LogP contribution in [0, 0.1) is 0 Å². The number of benzene rings is 2. The molecule has 28 heavy (non-hydrogen) atoms. The first-order valence-electron chi connectivity index (χ1n) is 9.06. The summed E-state index contributed by atoms with van der Waals surface area (Å²) in [5, 5.41) is 10.6. The normalized spacial score (nSPS) is 13.2. The average molecular weight is 395 g/mol. The Morgan fingerprint density at radius 2 is 1.89 bits per heavy atom. The van der Waals surface area contributed by atoms with Crippen molar-refractivity contribution in [2.24, 2.45) is 0 Å². The minimum Gasteiger partial charge on any atom is -0.349 e. The quantitative estimate of drug-likeness (QED) is 0.668. The van der Waals surface area contributed by atoms with E-state index in [-0.39, 0.29) is 17.9 Å². The van der Waals surface area contributed by atoms with Gasteiger partial charge >= 0.3 is 0 Å². The molecule has 3 aromatic rings. The highest BCUT2D eigenvalue weighted by atomic mass is 35.5. The number of carbonyl (C=O) groups excluding carboxylic acids is 2. The number of anilines is 1. The van der Waals surface area contributed by atoms with Gasteiger partial charge in [-0.1, -0.05) is 35.9 Å². The average Bonchev–Trinajstić information content (AvgIpc) is 3.38. The third-order valence-corrected chi connectivity index (χ3v) is 4.85. The summed E-state index contributed by atoms with van der Waals surface area (Å²) in [7, 11) is 0. The smallest absolute Gasteiger partial charge is 0.258 e. The number of nitrogens with one attached hydrogen (secondary N) is 2. The van der Waals surface area contributed by atoms with Crippen LogP contribution in [0.25, 0.3) is 0 Å². The van der Waals surface area contributed by atoms with Gasteiger partial charge in [-0.25, -0.2) is 0 Å². The van der Waals surface area contributed by atoms with Gasteiger partial charge in [-0.3, -0.25) is 14.3 Å². The molecule has 1 heterocycles. The van der Waals surface area contributed by atoms with E-state index in [0.29, 0.717) is 28.4 Å². The van der Waals surface area contributed by atoms with E-state index in [1.807, 2.05) is 24.3 Å². The van der Waals surface area contributed by atoms with Crippen molar-refractivity contribution in [2.75, 3.05) is 5.32 Å². The van der Waals surface area contributed by atoms with E-state index in [1.165, 1.54) is 6.20 Å². The van der Waals surface area contributed by atoms with Gasteiger partial charge in [0.15, 0.2) is 0 Å². The second-order valence-corrected chi connectivity index (χ2v) is 7.21. The highest BCUT2D eigenvalue weighted by molar-refractivity contribution is 6.31. The molecule has 6 nitrogen and oxygen atoms in total. The SMILES string of the molecule is O=C(Nc1cccc(C(=O)NC2CC2)c1)c1cnn(Cc2ccccc2Cl)c1. The van der Waals surface area contributed by atoms with Crippen LogP contribution in [-0.4, -0.2) is 27.6 Å². The summed E-state index contributed by atoms with van der Waals surface area (Å²) in [4.78, 5) is 24.7. The van der Waals surface area contributed by atoms with Crippen LogP contribution in [0.5, 0.6) is 0 Å². The third-order valence-electron chi connectivity index (χ3n) is 4.48. The minimum atomic E-state index is -0.287. The van der Waals surface area contributed by atoms with Crippen LogP contribution in [0.1, 0.15) is 39.1 Å². The van der Waals surface area contributed by atoms with Crippen LogP contribution in [-0.2, 0) is 6.54 Å². The molecule has 0 radical (unpaired) electrons. The van der Waals surface area contributed by atoms with Crippen LogP contribution >= 0.6 is 11.6 Å². The molecule has 1 saturated carbocycles. The molecular weight excluding hydrogens is 376 g/mol. The van der Waals surface area contributed by atoms with E-state index in [2.05, 4.69) is 15.7 Å². The van der Waals surface area contributed by atoms with Crippen molar-refractivity contribution in [1.82, 2.24) is 15.1 Å². The fourth-order valence-corrected chi connectivity index (χ4v) is 3.00. The molecule has 142 valence electrons. The molecule has 1 aliphatic carbocycles. The molecular formula is C21H19ClN4O2. The molecule has 0 unspecified atom stereocenters. The van der Waals surface area contributed by atoms with Crippen molar-refractivity contribution in [3.63, 3.8) is 0 Å². The van der Waals surface area contributed by atoms with Gasteiger partial charge in [0.05, 0.1) is 18.3 Å². The Kier molecular flexibility index (Phi) is 5.12. The lowest BCUT2D eigenvalue weighted by Crippen LogP contribution is -2.25. The zero-order valence-electron chi connectivity index (χ0n) is 15.1. The van der Waals surface area contributed by atoms with E-state index >= 15 is 0 Å². The van der Waals surface area contributed by atoms with Gasteiger partial charge in [-0.2, -0.15) is 5.10 Å². The summed E-state index contributed by atoms with van der Waals surface area (Å²) in [6, 6.07) is 14.7. The number of halogens is 1. The largest absolute Gasteiger partial charge is 0.349 e. The third kappa shape index (κ3) is 4.40. The number of carbonyl (C=O) groups is 2. The van der Waals surface area contributed by atoms with Gasteiger partial charge in [0.1, 0.15) is 0 Å². The summed E-state index contributed by atoms with van der Waals surface area (Å²) in [5.41, 5.74) is 2.44. The summed E-state index contributed by atoms with van der Waals surface area (Å²) >= 11 is 6.17. The van der Waals surface area contributed by atoms with E-state index < -0.39 is 0 Å². The van der Waals surface area contributed by atoms with Gasteiger partial charge in [-0.15, -0.1) is 0 Å². The van der Waals surface area contributed by atoms with E-state index in [1.54, 1.807) is 35.1 Å². The molecule has 7 heteroatoms. The molecule has 0 atom stereocenters. The maximum Gasteiger partial charge on any atom is 0.258 e. The van der Waals surface area contributed by atoms with Gasteiger partial charge in [0.2, 0.25) is 0 Å². The van der Waals surface area contributed by atoms with Crippen molar-refractivity contribution >= 4 is 29.1 Å². The molecule has 4 rings (SSSR count). The topological polar surface area (TPSA) is 76.0 Å². The maximum atomic E-state index is 12.5. The second-order valence-electron chi connectivity index (χ2n) is 6.80. The zero-order chi connectivity index (χ0) is 19.5. The lowest BCUT2D eigenvalue weighted by atomic mass is 10.2. The van der Waals surface area contributed by atoms with Crippen molar-refractivity contribution in [3.8, 4) is 0 Å². The molecule has 0 saturated heterocycles. The Morgan fingerprint density at radius 3 is 2.68 bits per heavy atom. The van der Waals surface area contributed by atoms with E-state index in [4.69, 9.17) is 11.6 Å². The lowest BCUT2D eigenvalue weighted by molar-refractivity contribution is 0.0949. The van der Waals surface area contributed by atoms with Crippen LogP contribution in [0.15, 0.2) is 60.9 Å². The first-order chi connectivity index (χ1) is 13.6. The standard InChI is InChI=1S/C21H19ClN4O2/c22-19-7-2-1-4-15(19)12-26-13-16(11-23-26)21(28)25-18-6-3-5-14(10-18)20(27)24-17-8-9-17/h1-7,10-11,13,17H,8-9,12H2,(H,24,27)(H,25,28). The number of hydrogen-bond acceptors (Lipinski definition) is 3. The molecule has 0 bridgehead atoms. The predicted octanol–water partition coefficient (Wildman–Crippen LogP) is 3.73. The van der Waals surface area contributed by atoms with Gasteiger partial charge < -0.3 is 10.6 Å². The number of amides is 2. The highest BCUT2D eigenvalue weighted by Crippen LogP contribution is 2.20. The maximum absolute atomic E-state index is 12.5. The lowest BCUT2D eigenvalue weighted by Gasteiger charge is -2.07. The van der Waals surface area contributed by atoms with Crippen LogP contribution < -0.4 is 10.6 Å². The van der Waals surface area contributed by atoms with Crippen molar-refractivity contribution in [1.29, 1.82) is 0 Å². The monoisotopic (exact) mass is 394 g/mol. The van der Waals surface area contributed by atoms with E-state index in [9.17, 15) is 9.59 Å². The minimum absolute atomic E-state index is 0.119. The Morgan fingerprint density at radius 1 is 1.07 bits per heavy atom. The van der Waals surface area contributed by atoms with Gasteiger partial charge in [0.25, 0.3) is 11.8 Å². The van der Waals surface area contributed by atoms with Gasteiger partial charge in [-0.05, 0) is 42.7 Å². The molecule has 0 aliphatic heterocycles. The molecule has 0 spiro atoms. The van der Waals surface area contributed by atoms with Gasteiger partial charge in [0, 0.05) is 28.5 Å². The summed E-state index contributed by atoms with van der Waals surface area (Å²) in [5.74, 6) is -0.406. The molecule has 2 aromatic carbocycles. The molecule has 1 aromatic heterocycles. The van der Waals surface area contributed by atoms with Crippen LogP contribution in [0.2, 0.25) is 5.02 Å². The molecule has 2 amide bonds. The Labute approximate surface area is 167 Å². The Bertz CT molecular complexity index is 1030. The van der Waals surface area contributed by atoms with Crippen molar-refractivity contribution < 1.29 is 9.59 Å². The van der Waals surface area contributed by atoms with Crippen LogP contribution in [0.3, 0.4) is 0 Å². The summed E-state index contributed by atoms with van der Waals surface area (Å²) in [6.07, 6.45) is 5.23. The Hall–Kier alpha value is -3.12. The number of aromatic nitrogens is 2. The summed E-state index contributed by atoms with van der Waals surface area (Å²) < 4.78 is 1.66. The zero-order valence-corrected chi connectivity index (χ0v) is 15.8. The van der Waals surface area contributed by atoms with Crippen molar-refractivity contribution in [3.05, 3.63) is 82.6 Å². The predicted molar refractivity (Wildman–Crippen MR) is 108 cm³/mol. The number of hydrogen-bond donors (Lipinski definition) is 2. The highest BCUT2D eigenvalue weighted by Gasteiger charge is 2.23. The fourth-order valence-electron chi connectivity index (χ4n) is 2.81. The number of rotatable bonds is 6. The molecule has 1 aliphatic rings. The molecule has 2 N–H and O–H groups in total. The first-order valence-corrected chi connectivity index (χ1v) is 9.44. The molecule has 1 fully saturated rings. The first kappa shape index (κ1) is 18.3. The Balaban J connectivity index is 1.42. The van der Waals surface area contributed by atoms with Crippen LogP contribution in [0.4, 0.5) is 5.69 Å².